The molecule has 0 aromatic carbocycles. The molecule has 2 aliphatic rings. The highest BCUT2D eigenvalue weighted by Gasteiger charge is 2.39. The maximum absolute atomic E-state index is 13.7. The number of thiophene rings is 1. The van der Waals surface area contributed by atoms with Crippen molar-refractivity contribution in [1.82, 2.24) is 19.9 Å². The molecule has 186 valence electrons. The average molecular weight is 502 g/mol. The van der Waals surface area contributed by atoms with Crippen LogP contribution in [-0.4, -0.2) is 58.9 Å². The van der Waals surface area contributed by atoms with Crippen LogP contribution in [0.3, 0.4) is 0 Å². The number of methoxy groups -OCH3 is 1. The van der Waals surface area contributed by atoms with Crippen molar-refractivity contribution in [2.75, 3.05) is 26.1 Å². The molecule has 5 rings (SSSR count). The van der Waals surface area contributed by atoms with Gasteiger partial charge in [0.05, 0.1) is 17.4 Å². The minimum Gasteiger partial charge on any atom is -0.481 e. The summed E-state index contributed by atoms with van der Waals surface area (Å²) >= 11 is 1.40. The van der Waals surface area contributed by atoms with Gasteiger partial charge in [0.1, 0.15) is 17.0 Å². The Hall–Kier alpha value is -2.88. The van der Waals surface area contributed by atoms with Gasteiger partial charge in [-0.2, -0.15) is 0 Å². The Balaban J connectivity index is 1.47. The summed E-state index contributed by atoms with van der Waals surface area (Å²) in [5.74, 6) is -1.10. The number of anilines is 1. The highest BCUT2D eigenvalue weighted by atomic mass is 32.1. The second-order valence-corrected chi connectivity index (χ2v) is 10.6. The zero-order chi connectivity index (χ0) is 24.7. The number of hydrogen-bond acceptors (Lipinski definition) is 7. The molecule has 3 aromatic heterocycles. The van der Waals surface area contributed by atoms with E-state index in [0.717, 1.165) is 40.0 Å². The second kappa shape index (κ2) is 9.29. The van der Waals surface area contributed by atoms with Crippen LogP contribution in [0.15, 0.2) is 24.7 Å². The smallest absolute Gasteiger partial charge is 0.264 e. The molecule has 10 heteroatoms. The summed E-state index contributed by atoms with van der Waals surface area (Å²) in [4.78, 5) is 32.0. The second-order valence-electron chi connectivity index (χ2n) is 9.56. The van der Waals surface area contributed by atoms with E-state index in [1.807, 2.05) is 24.1 Å². The Morgan fingerprint density at radius 1 is 1.17 bits per heavy atom. The normalized spacial score (nSPS) is 18.0. The molecule has 2 aliphatic carbocycles. The first-order valence-electron chi connectivity index (χ1n) is 11.9. The first-order valence-corrected chi connectivity index (χ1v) is 12.7. The standard InChI is InChI=1S/C25H29F2N5O2S/c1-31(13-15-8-11-28-18(12-15)34-3)24(33)21-19(16-4-5-16)20-22(29-14-30-23(20)35-21)32(2)17-6-9-25(26,27)10-7-17/h8,11-12,14,16-17H,4-7,9-10,13H2,1-3H3. The minimum atomic E-state index is -2.58. The first-order chi connectivity index (χ1) is 16.8. The van der Waals surface area contributed by atoms with Crippen LogP contribution in [0.4, 0.5) is 14.6 Å². The van der Waals surface area contributed by atoms with Gasteiger partial charge in [0.25, 0.3) is 5.91 Å². The van der Waals surface area contributed by atoms with Gasteiger partial charge in [0.2, 0.25) is 11.8 Å². The van der Waals surface area contributed by atoms with E-state index in [4.69, 9.17) is 4.74 Å². The fourth-order valence-electron chi connectivity index (χ4n) is 4.89. The van der Waals surface area contributed by atoms with Gasteiger partial charge in [-0.05, 0) is 48.8 Å². The fraction of sp³-hybridized carbons (Fsp3) is 0.520. The maximum Gasteiger partial charge on any atom is 0.264 e. The molecular formula is C25H29F2N5O2S. The monoisotopic (exact) mass is 501 g/mol. The molecule has 7 nitrogen and oxygen atoms in total. The SMILES string of the molecule is COc1cc(CN(C)C(=O)c2sc3ncnc(N(C)C4CCC(F)(F)CC4)c3c2C2CC2)ccn1. The number of ether oxygens (including phenoxy) is 1. The Bertz CT molecular complexity index is 1240. The predicted molar refractivity (Wildman–Crippen MR) is 132 cm³/mol. The number of aromatic nitrogens is 3. The zero-order valence-corrected chi connectivity index (χ0v) is 20.9. The number of amides is 1. The van der Waals surface area contributed by atoms with Crippen LogP contribution in [0, 0.1) is 0 Å². The van der Waals surface area contributed by atoms with E-state index < -0.39 is 5.92 Å². The summed E-state index contributed by atoms with van der Waals surface area (Å²) in [5, 5.41) is 0.905. The fourth-order valence-corrected chi connectivity index (χ4v) is 6.11. The molecule has 3 aromatic rings. The van der Waals surface area contributed by atoms with Gasteiger partial charge in [-0.3, -0.25) is 4.79 Å². The first kappa shape index (κ1) is 23.8. The quantitative estimate of drug-likeness (QED) is 0.440. The Kier molecular flexibility index (Phi) is 6.33. The molecule has 0 saturated heterocycles. The number of hydrogen-bond donors (Lipinski definition) is 0. The molecule has 0 radical (unpaired) electrons. The van der Waals surface area contributed by atoms with Crippen LogP contribution >= 0.6 is 11.3 Å². The third-order valence-electron chi connectivity index (χ3n) is 7.03. The number of fused-ring (bicyclic) bond motifs is 1. The highest BCUT2D eigenvalue weighted by molar-refractivity contribution is 7.20. The molecular weight excluding hydrogens is 472 g/mol. The van der Waals surface area contributed by atoms with Gasteiger partial charge < -0.3 is 14.5 Å². The molecule has 2 fully saturated rings. The van der Waals surface area contributed by atoms with Crippen molar-refractivity contribution < 1.29 is 18.3 Å². The molecule has 0 bridgehead atoms. The topological polar surface area (TPSA) is 71.5 Å². The molecule has 0 unspecified atom stereocenters. The van der Waals surface area contributed by atoms with Gasteiger partial charge in [-0.1, -0.05) is 0 Å². The molecule has 3 heterocycles. The Labute approximate surface area is 207 Å². The van der Waals surface area contributed by atoms with Crippen LogP contribution in [-0.2, 0) is 6.54 Å². The van der Waals surface area contributed by atoms with Crippen molar-refractivity contribution in [1.29, 1.82) is 0 Å². The summed E-state index contributed by atoms with van der Waals surface area (Å²) in [7, 11) is 5.28. The molecule has 0 atom stereocenters. The lowest BCUT2D eigenvalue weighted by molar-refractivity contribution is -0.0378. The third-order valence-corrected chi connectivity index (χ3v) is 8.13. The maximum atomic E-state index is 13.7. The van der Waals surface area contributed by atoms with Gasteiger partial charge >= 0.3 is 0 Å². The number of rotatable bonds is 7. The van der Waals surface area contributed by atoms with Crippen molar-refractivity contribution in [3.05, 3.63) is 40.7 Å². The van der Waals surface area contributed by atoms with E-state index in [1.54, 1.807) is 25.3 Å². The number of nitrogens with zero attached hydrogens (tertiary/aromatic N) is 5. The van der Waals surface area contributed by atoms with Crippen LogP contribution in [0.1, 0.15) is 65.2 Å². The molecule has 35 heavy (non-hydrogen) atoms. The van der Waals surface area contributed by atoms with Crippen molar-refractivity contribution >= 4 is 33.3 Å². The van der Waals surface area contributed by atoms with Crippen LogP contribution in [0.2, 0.25) is 0 Å². The Morgan fingerprint density at radius 2 is 1.91 bits per heavy atom. The number of alkyl halides is 2. The van der Waals surface area contributed by atoms with Gasteiger partial charge in [0.15, 0.2) is 0 Å². The van der Waals surface area contributed by atoms with E-state index in [9.17, 15) is 13.6 Å². The highest BCUT2D eigenvalue weighted by Crippen LogP contribution is 2.50. The molecule has 1 amide bonds. The van der Waals surface area contributed by atoms with E-state index in [2.05, 4.69) is 15.0 Å². The summed E-state index contributed by atoms with van der Waals surface area (Å²) in [6.45, 7) is 0.421. The average Bonchev–Trinajstić information content (AvgIpc) is 3.62. The number of carbonyl (C=O) groups excluding carboxylic acids is 1. The number of pyridine rings is 1. The van der Waals surface area contributed by atoms with Gasteiger partial charge in [0, 0.05) is 51.8 Å². The predicted octanol–water partition coefficient (Wildman–Crippen LogP) is 5.26. The largest absolute Gasteiger partial charge is 0.481 e. The van der Waals surface area contributed by atoms with Gasteiger partial charge in [-0.25, -0.2) is 23.7 Å². The van der Waals surface area contributed by atoms with E-state index in [1.165, 1.54) is 17.7 Å². The number of carbonyl (C=O) groups is 1. The van der Waals surface area contributed by atoms with Crippen LogP contribution in [0.25, 0.3) is 10.2 Å². The lowest BCUT2D eigenvalue weighted by Crippen LogP contribution is -2.39. The molecule has 0 aliphatic heterocycles. The summed E-state index contributed by atoms with van der Waals surface area (Å²) in [6, 6.07) is 3.68. The van der Waals surface area contributed by atoms with Crippen molar-refractivity contribution in [2.24, 2.45) is 0 Å². The van der Waals surface area contributed by atoms with Crippen molar-refractivity contribution in [3.63, 3.8) is 0 Å². The van der Waals surface area contributed by atoms with Crippen LogP contribution in [0.5, 0.6) is 5.88 Å². The summed E-state index contributed by atoms with van der Waals surface area (Å²) in [6.07, 6.45) is 5.84. The zero-order valence-electron chi connectivity index (χ0n) is 20.1. The minimum absolute atomic E-state index is 0.0110. The number of halogens is 2. The van der Waals surface area contributed by atoms with Crippen LogP contribution < -0.4 is 9.64 Å². The van der Waals surface area contributed by atoms with Crippen molar-refractivity contribution in [2.45, 2.75) is 63.0 Å². The Morgan fingerprint density at radius 3 is 2.60 bits per heavy atom. The van der Waals surface area contributed by atoms with Crippen molar-refractivity contribution in [3.8, 4) is 5.88 Å². The third kappa shape index (κ3) is 4.80. The molecule has 0 N–H and O–H groups in total. The summed E-state index contributed by atoms with van der Waals surface area (Å²) in [5.41, 5.74) is 1.94. The summed E-state index contributed by atoms with van der Waals surface area (Å²) < 4.78 is 32.7. The molecule has 0 spiro atoms. The van der Waals surface area contributed by atoms with E-state index in [0.29, 0.717) is 36.1 Å². The van der Waals surface area contributed by atoms with Gasteiger partial charge in [-0.15, -0.1) is 11.3 Å². The van der Waals surface area contributed by atoms with E-state index in [-0.39, 0.29) is 24.8 Å². The van der Waals surface area contributed by atoms with E-state index >= 15 is 0 Å². The lowest BCUT2D eigenvalue weighted by atomic mass is 9.91. The molecule has 2 saturated carbocycles. The lowest BCUT2D eigenvalue weighted by Gasteiger charge is -2.35.